The lowest BCUT2D eigenvalue weighted by Crippen LogP contribution is -2.44. The van der Waals surface area contributed by atoms with Gasteiger partial charge in [0, 0.05) is 13.1 Å². The van der Waals surface area contributed by atoms with E-state index in [0.29, 0.717) is 6.54 Å². The molecule has 1 aromatic carbocycles. The van der Waals surface area contributed by atoms with Crippen molar-refractivity contribution >= 4 is 24.1 Å². The van der Waals surface area contributed by atoms with Crippen LogP contribution in [0.15, 0.2) is 54.6 Å². The zero-order chi connectivity index (χ0) is 27.8. The quantitative estimate of drug-likeness (QED) is 0.360. The van der Waals surface area contributed by atoms with Crippen molar-refractivity contribution in [1.82, 2.24) is 9.80 Å². The van der Waals surface area contributed by atoms with Crippen molar-refractivity contribution in [3.05, 3.63) is 60.2 Å². The molecular formula is C27H36N2O8. The van der Waals surface area contributed by atoms with Crippen LogP contribution >= 0.6 is 0 Å². The van der Waals surface area contributed by atoms with Crippen LogP contribution < -0.4 is 0 Å². The number of rotatable bonds is 4. The van der Waals surface area contributed by atoms with Gasteiger partial charge in [-0.3, -0.25) is 9.80 Å². The standard InChI is InChI=1S/C17H21NO4.C10H15NO4/c1-17(2,3)22-16(20)18-11-7-10-14(18)15(19)21-12-13-8-5-4-6-9-13;1-10(2,3)15-9(14)11-6-4-5-7(11)8(12)13/h4-10,14H,11-12H2,1-3H3;4-5,7H,6H2,1-3H3,(H,12,13)/t14-;7-/m00/s1. The average Bonchev–Trinajstić information content (AvgIpc) is 3.46. The number of carboxylic acid groups (broad SMARTS) is 1. The van der Waals surface area contributed by atoms with Crippen molar-refractivity contribution in [3.8, 4) is 0 Å². The number of carboxylic acids is 1. The van der Waals surface area contributed by atoms with Crippen LogP contribution in [0.1, 0.15) is 47.1 Å². The van der Waals surface area contributed by atoms with Crippen molar-refractivity contribution in [2.24, 2.45) is 0 Å². The van der Waals surface area contributed by atoms with E-state index in [1.54, 1.807) is 59.8 Å². The number of esters is 1. The van der Waals surface area contributed by atoms with E-state index >= 15 is 0 Å². The SMILES string of the molecule is CC(C)(C)OC(=O)N1CC=C[C@H]1C(=O)O.CC(C)(C)OC(=O)N1CC=C[C@H]1C(=O)OCc1ccccc1. The second-order valence-electron chi connectivity index (χ2n) is 10.4. The Morgan fingerprint density at radius 2 is 1.27 bits per heavy atom. The molecule has 2 atom stereocenters. The summed E-state index contributed by atoms with van der Waals surface area (Å²) in [5, 5.41) is 8.83. The maximum atomic E-state index is 12.2. The van der Waals surface area contributed by atoms with E-state index in [0.717, 1.165) is 5.56 Å². The van der Waals surface area contributed by atoms with Gasteiger partial charge in [-0.2, -0.15) is 0 Å². The molecule has 0 saturated heterocycles. The first kappa shape index (κ1) is 29.4. The summed E-state index contributed by atoms with van der Waals surface area (Å²) in [5.74, 6) is -1.50. The van der Waals surface area contributed by atoms with Crippen LogP contribution in [0.5, 0.6) is 0 Å². The highest BCUT2D eigenvalue weighted by molar-refractivity contribution is 5.84. The van der Waals surface area contributed by atoms with Gasteiger partial charge in [-0.05, 0) is 47.1 Å². The molecule has 10 heteroatoms. The molecule has 1 aromatic rings. The van der Waals surface area contributed by atoms with E-state index in [1.807, 2.05) is 30.3 Å². The molecular weight excluding hydrogens is 480 g/mol. The number of hydrogen-bond acceptors (Lipinski definition) is 7. The lowest BCUT2D eigenvalue weighted by atomic mass is 10.2. The molecule has 2 aliphatic heterocycles. The van der Waals surface area contributed by atoms with Gasteiger partial charge in [-0.1, -0.05) is 54.6 Å². The molecule has 0 aromatic heterocycles. The third kappa shape index (κ3) is 9.63. The van der Waals surface area contributed by atoms with Crippen molar-refractivity contribution in [1.29, 1.82) is 0 Å². The van der Waals surface area contributed by atoms with Crippen LogP contribution in [0.4, 0.5) is 9.59 Å². The van der Waals surface area contributed by atoms with Gasteiger partial charge in [-0.25, -0.2) is 19.2 Å². The zero-order valence-corrected chi connectivity index (χ0v) is 22.2. The summed E-state index contributed by atoms with van der Waals surface area (Å²) in [7, 11) is 0. The van der Waals surface area contributed by atoms with Gasteiger partial charge in [-0.15, -0.1) is 0 Å². The van der Waals surface area contributed by atoms with Crippen molar-refractivity contribution < 1.29 is 38.5 Å². The molecule has 0 bridgehead atoms. The van der Waals surface area contributed by atoms with Crippen LogP contribution in [0.3, 0.4) is 0 Å². The Morgan fingerprint density at radius 3 is 1.73 bits per heavy atom. The number of carbonyl (C=O) groups is 4. The fourth-order valence-corrected chi connectivity index (χ4v) is 3.29. The van der Waals surface area contributed by atoms with Gasteiger partial charge < -0.3 is 19.3 Å². The lowest BCUT2D eigenvalue weighted by molar-refractivity contribution is -0.148. The van der Waals surface area contributed by atoms with E-state index in [1.165, 1.54) is 15.9 Å². The van der Waals surface area contributed by atoms with Crippen LogP contribution in [-0.4, -0.2) is 75.4 Å². The van der Waals surface area contributed by atoms with Gasteiger partial charge >= 0.3 is 24.1 Å². The molecule has 0 aliphatic carbocycles. The molecule has 0 radical (unpaired) electrons. The summed E-state index contributed by atoms with van der Waals surface area (Å²) in [6.45, 7) is 11.4. The molecule has 0 unspecified atom stereocenters. The minimum atomic E-state index is -1.05. The Morgan fingerprint density at radius 1 is 0.811 bits per heavy atom. The molecule has 0 saturated carbocycles. The van der Waals surface area contributed by atoms with Crippen molar-refractivity contribution in [2.75, 3.05) is 13.1 Å². The third-order valence-corrected chi connectivity index (χ3v) is 4.89. The first-order valence-electron chi connectivity index (χ1n) is 11.9. The number of hydrogen-bond donors (Lipinski definition) is 1. The number of benzene rings is 1. The Bertz CT molecular complexity index is 1020. The molecule has 0 fully saturated rings. The largest absolute Gasteiger partial charge is 0.479 e. The van der Waals surface area contributed by atoms with Gasteiger partial charge in [0.05, 0.1) is 0 Å². The monoisotopic (exact) mass is 516 g/mol. The Balaban J connectivity index is 0.000000281. The van der Waals surface area contributed by atoms with Gasteiger partial charge in [0.15, 0.2) is 12.1 Å². The Labute approximate surface area is 217 Å². The normalized spacial score (nSPS) is 18.6. The van der Waals surface area contributed by atoms with Gasteiger partial charge in [0.1, 0.15) is 17.8 Å². The first-order valence-corrected chi connectivity index (χ1v) is 11.9. The summed E-state index contributed by atoms with van der Waals surface area (Å²) < 4.78 is 15.7. The fraction of sp³-hybridized carbons (Fsp3) is 0.481. The summed E-state index contributed by atoms with van der Waals surface area (Å²) in [6.07, 6.45) is 5.43. The van der Waals surface area contributed by atoms with Crippen molar-refractivity contribution in [2.45, 2.75) is 71.4 Å². The topological polar surface area (TPSA) is 123 Å². The number of nitrogens with zero attached hydrogens (tertiary/aromatic N) is 2. The van der Waals surface area contributed by atoms with Crippen LogP contribution in [0, 0.1) is 0 Å². The lowest BCUT2D eigenvalue weighted by Gasteiger charge is -2.27. The smallest absolute Gasteiger partial charge is 0.411 e. The molecule has 1 N–H and O–H groups in total. The summed E-state index contributed by atoms with van der Waals surface area (Å²) in [4.78, 5) is 49.2. The second-order valence-corrected chi connectivity index (χ2v) is 10.4. The molecule has 2 heterocycles. The summed E-state index contributed by atoms with van der Waals surface area (Å²) in [5.41, 5.74) is -0.303. The molecule has 202 valence electrons. The summed E-state index contributed by atoms with van der Waals surface area (Å²) in [6, 6.07) is 7.79. The van der Waals surface area contributed by atoms with Crippen LogP contribution in [0.25, 0.3) is 0 Å². The number of carbonyl (C=O) groups excluding carboxylic acids is 3. The number of aliphatic carboxylic acids is 1. The Hall–Kier alpha value is -3.82. The maximum Gasteiger partial charge on any atom is 0.411 e. The van der Waals surface area contributed by atoms with Crippen LogP contribution in [0.2, 0.25) is 0 Å². The molecule has 2 aliphatic rings. The second kappa shape index (κ2) is 12.4. The van der Waals surface area contributed by atoms with E-state index in [4.69, 9.17) is 19.3 Å². The van der Waals surface area contributed by atoms with E-state index in [2.05, 4.69) is 0 Å². The predicted octanol–water partition coefficient (Wildman–Crippen LogP) is 4.15. The fourth-order valence-electron chi connectivity index (χ4n) is 3.29. The number of ether oxygens (including phenoxy) is 3. The maximum absolute atomic E-state index is 12.2. The Kier molecular flexibility index (Phi) is 9.88. The highest BCUT2D eigenvalue weighted by Crippen LogP contribution is 2.18. The van der Waals surface area contributed by atoms with Crippen LogP contribution in [-0.2, 0) is 30.4 Å². The minimum Gasteiger partial charge on any atom is -0.479 e. The minimum absolute atomic E-state index is 0.187. The van der Waals surface area contributed by atoms with Crippen molar-refractivity contribution in [3.63, 3.8) is 0 Å². The highest BCUT2D eigenvalue weighted by atomic mass is 16.6. The van der Waals surface area contributed by atoms with E-state index in [9.17, 15) is 19.2 Å². The highest BCUT2D eigenvalue weighted by Gasteiger charge is 2.35. The predicted molar refractivity (Wildman–Crippen MR) is 136 cm³/mol. The molecule has 10 nitrogen and oxygen atoms in total. The van der Waals surface area contributed by atoms with E-state index < -0.39 is 47.4 Å². The molecule has 0 spiro atoms. The molecule has 3 rings (SSSR count). The molecule has 2 amide bonds. The number of amides is 2. The van der Waals surface area contributed by atoms with Gasteiger partial charge in [0.25, 0.3) is 0 Å². The zero-order valence-electron chi connectivity index (χ0n) is 22.2. The van der Waals surface area contributed by atoms with Gasteiger partial charge in [0.2, 0.25) is 0 Å². The first-order chi connectivity index (χ1) is 17.2. The third-order valence-electron chi connectivity index (χ3n) is 4.89. The molecule has 37 heavy (non-hydrogen) atoms. The van der Waals surface area contributed by atoms with E-state index in [-0.39, 0.29) is 13.2 Å². The average molecular weight is 517 g/mol. The summed E-state index contributed by atoms with van der Waals surface area (Å²) >= 11 is 0.